The highest BCUT2D eigenvalue weighted by Gasteiger charge is 2.10. The third kappa shape index (κ3) is 6.17. The SMILES string of the molecule is CN(C)C(=O)c1cccc(NCC(=O)Nc2cccc(NC(=O)c3ccccc3)c2)c1. The molecule has 0 unspecified atom stereocenters. The second-order valence-electron chi connectivity index (χ2n) is 7.08. The fourth-order valence-electron chi connectivity index (χ4n) is 2.88. The standard InChI is InChI=1S/C24H24N4O3/c1-28(2)24(31)18-10-6-11-19(14-18)25-16-22(29)26-20-12-7-13-21(15-20)27-23(30)17-8-4-3-5-9-17/h3-15,25H,16H2,1-2H3,(H,26,29)(H,27,30). The lowest BCUT2D eigenvalue weighted by Gasteiger charge is -2.12. The van der Waals surface area contributed by atoms with Gasteiger partial charge >= 0.3 is 0 Å². The van der Waals surface area contributed by atoms with Gasteiger partial charge in [0.15, 0.2) is 0 Å². The molecule has 3 aromatic carbocycles. The van der Waals surface area contributed by atoms with Crippen molar-refractivity contribution in [1.29, 1.82) is 0 Å². The predicted octanol–water partition coefficient (Wildman–Crippen LogP) is 3.69. The molecule has 0 saturated carbocycles. The normalized spacial score (nSPS) is 10.1. The first kappa shape index (κ1) is 21.6. The monoisotopic (exact) mass is 416 g/mol. The van der Waals surface area contributed by atoms with Crippen molar-refractivity contribution in [2.24, 2.45) is 0 Å². The van der Waals surface area contributed by atoms with Crippen LogP contribution in [0, 0.1) is 0 Å². The highest BCUT2D eigenvalue weighted by Crippen LogP contribution is 2.17. The zero-order chi connectivity index (χ0) is 22.2. The maximum atomic E-state index is 12.3. The molecule has 3 rings (SSSR count). The molecule has 0 atom stereocenters. The number of carbonyl (C=O) groups excluding carboxylic acids is 3. The number of rotatable bonds is 7. The lowest BCUT2D eigenvalue weighted by Crippen LogP contribution is -2.23. The first-order valence-corrected chi connectivity index (χ1v) is 9.74. The summed E-state index contributed by atoms with van der Waals surface area (Å²) >= 11 is 0. The van der Waals surface area contributed by atoms with E-state index >= 15 is 0 Å². The van der Waals surface area contributed by atoms with Crippen molar-refractivity contribution in [1.82, 2.24) is 4.90 Å². The van der Waals surface area contributed by atoms with Crippen molar-refractivity contribution in [2.75, 3.05) is 36.6 Å². The summed E-state index contributed by atoms with van der Waals surface area (Å²) in [5.74, 6) is -0.587. The van der Waals surface area contributed by atoms with E-state index in [1.165, 1.54) is 4.90 Å². The lowest BCUT2D eigenvalue weighted by atomic mass is 10.2. The van der Waals surface area contributed by atoms with E-state index in [9.17, 15) is 14.4 Å². The van der Waals surface area contributed by atoms with E-state index in [1.807, 2.05) is 6.07 Å². The summed E-state index contributed by atoms with van der Waals surface area (Å²) in [6, 6.07) is 22.8. The van der Waals surface area contributed by atoms with Crippen molar-refractivity contribution in [3.63, 3.8) is 0 Å². The molecular formula is C24H24N4O3. The molecule has 158 valence electrons. The number of hydrogen-bond acceptors (Lipinski definition) is 4. The van der Waals surface area contributed by atoms with Crippen LogP contribution < -0.4 is 16.0 Å². The summed E-state index contributed by atoms with van der Waals surface area (Å²) in [6.07, 6.45) is 0. The molecule has 0 aromatic heterocycles. The van der Waals surface area contributed by atoms with Gasteiger partial charge in [0.2, 0.25) is 5.91 Å². The third-order valence-electron chi connectivity index (χ3n) is 4.41. The first-order chi connectivity index (χ1) is 14.9. The van der Waals surface area contributed by atoms with Crippen LogP contribution in [-0.2, 0) is 4.79 Å². The zero-order valence-corrected chi connectivity index (χ0v) is 17.4. The minimum atomic E-state index is -0.254. The molecule has 0 heterocycles. The maximum absolute atomic E-state index is 12.3. The molecule has 0 aliphatic rings. The van der Waals surface area contributed by atoms with Crippen molar-refractivity contribution in [3.05, 3.63) is 90.0 Å². The Labute approximate surface area is 181 Å². The van der Waals surface area contributed by atoms with Crippen LogP contribution in [0.25, 0.3) is 0 Å². The molecule has 0 fully saturated rings. The van der Waals surface area contributed by atoms with Crippen molar-refractivity contribution >= 4 is 34.8 Å². The molecule has 0 bridgehead atoms. The molecule has 0 aliphatic carbocycles. The van der Waals surface area contributed by atoms with Gasteiger partial charge in [-0.05, 0) is 48.5 Å². The average Bonchev–Trinajstić information content (AvgIpc) is 2.78. The first-order valence-electron chi connectivity index (χ1n) is 9.74. The molecule has 0 spiro atoms. The van der Waals surface area contributed by atoms with Crippen LogP contribution in [0.15, 0.2) is 78.9 Å². The summed E-state index contributed by atoms with van der Waals surface area (Å²) < 4.78 is 0. The van der Waals surface area contributed by atoms with E-state index in [-0.39, 0.29) is 24.3 Å². The number of anilines is 3. The Bertz CT molecular complexity index is 1080. The van der Waals surface area contributed by atoms with Crippen LogP contribution in [0.1, 0.15) is 20.7 Å². The van der Waals surface area contributed by atoms with Gasteiger partial charge in [0.05, 0.1) is 6.54 Å². The summed E-state index contributed by atoms with van der Waals surface area (Å²) in [5, 5.41) is 8.62. The second-order valence-corrected chi connectivity index (χ2v) is 7.08. The third-order valence-corrected chi connectivity index (χ3v) is 4.41. The van der Waals surface area contributed by atoms with Gasteiger partial charge in [0.1, 0.15) is 0 Å². The fraction of sp³-hybridized carbons (Fsp3) is 0.125. The number of benzene rings is 3. The quantitative estimate of drug-likeness (QED) is 0.548. The molecule has 3 amide bonds. The predicted molar refractivity (Wildman–Crippen MR) is 122 cm³/mol. The Morgan fingerprint density at radius 1 is 0.710 bits per heavy atom. The van der Waals surface area contributed by atoms with Gasteiger partial charge in [-0.15, -0.1) is 0 Å². The summed E-state index contributed by atoms with van der Waals surface area (Å²) in [6.45, 7) is 0.0280. The van der Waals surface area contributed by atoms with E-state index in [0.29, 0.717) is 28.2 Å². The van der Waals surface area contributed by atoms with Crippen molar-refractivity contribution < 1.29 is 14.4 Å². The average molecular weight is 416 g/mol. The highest BCUT2D eigenvalue weighted by molar-refractivity contribution is 6.04. The van der Waals surface area contributed by atoms with Crippen molar-refractivity contribution in [2.45, 2.75) is 0 Å². The molecule has 0 radical (unpaired) electrons. The van der Waals surface area contributed by atoms with Crippen LogP contribution in [0.2, 0.25) is 0 Å². The van der Waals surface area contributed by atoms with Gasteiger partial charge in [-0.2, -0.15) is 0 Å². The van der Waals surface area contributed by atoms with Gasteiger partial charge in [0, 0.05) is 42.3 Å². The van der Waals surface area contributed by atoms with Gasteiger partial charge in [0.25, 0.3) is 11.8 Å². The Balaban J connectivity index is 1.56. The topological polar surface area (TPSA) is 90.5 Å². The number of hydrogen-bond donors (Lipinski definition) is 3. The molecule has 0 aliphatic heterocycles. The van der Waals surface area contributed by atoms with Gasteiger partial charge in [-0.25, -0.2) is 0 Å². The smallest absolute Gasteiger partial charge is 0.255 e. The van der Waals surface area contributed by atoms with E-state index < -0.39 is 0 Å². The number of nitrogens with one attached hydrogen (secondary N) is 3. The van der Waals surface area contributed by atoms with Crippen molar-refractivity contribution in [3.8, 4) is 0 Å². The van der Waals surface area contributed by atoms with Crippen LogP contribution in [0.4, 0.5) is 17.1 Å². The largest absolute Gasteiger partial charge is 0.376 e. The molecule has 3 aromatic rings. The van der Waals surface area contributed by atoms with E-state index in [1.54, 1.807) is 86.9 Å². The molecule has 7 nitrogen and oxygen atoms in total. The van der Waals surface area contributed by atoms with Crippen LogP contribution in [-0.4, -0.2) is 43.3 Å². The summed E-state index contributed by atoms with van der Waals surface area (Å²) in [4.78, 5) is 38.2. The zero-order valence-electron chi connectivity index (χ0n) is 17.4. The van der Waals surface area contributed by atoms with E-state index in [0.717, 1.165) is 0 Å². The minimum absolute atomic E-state index is 0.0280. The maximum Gasteiger partial charge on any atom is 0.255 e. The lowest BCUT2D eigenvalue weighted by molar-refractivity contribution is -0.114. The Morgan fingerprint density at radius 3 is 2.03 bits per heavy atom. The van der Waals surface area contributed by atoms with E-state index in [4.69, 9.17) is 0 Å². The fourth-order valence-corrected chi connectivity index (χ4v) is 2.88. The van der Waals surface area contributed by atoms with Crippen LogP contribution >= 0.6 is 0 Å². The molecule has 7 heteroatoms. The molecular weight excluding hydrogens is 392 g/mol. The van der Waals surface area contributed by atoms with Gasteiger partial charge in [-0.3, -0.25) is 14.4 Å². The number of nitrogens with zero attached hydrogens (tertiary/aromatic N) is 1. The van der Waals surface area contributed by atoms with Gasteiger partial charge < -0.3 is 20.9 Å². The Hall–Kier alpha value is -4.13. The highest BCUT2D eigenvalue weighted by atomic mass is 16.2. The second kappa shape index (κ2) is 10.1. The number of amides is 3. The summed E-state index contributed by atoms with van der Waals surface area (Å²) in [7, 11) is 3.37. The molecule has 3 N–H and O–H groups in total. The Morgan fingerprint density at radius 2 is 1.32 bits per heavy atom. The van der Waals surface area contributed by atoms with E-state index in [2.05, 4.69) is 16.0 Å². The van der Waals surface area contributed by atoms with Crippen LogP contribution in [0.3, 0.4) is 0 Å². The summed E-state index contributed by atoms with van der Waals surface area (Å²) in [5.41, 5.74) is 2.91. The Kier molecular flexibility index (Phi) is 7.01. The van der Waals surface area contributed by atoms with Crippen LogP contribution in [0.5, 0.6) is 0 Å². The van der Waals surface area contributed by atoms with Gasteiger partial charge in [-0.1, -0.05) is 30.3 Å². The minimum Gasteiger partial charge on any atom is -0.376 e. The molecule has 0 saturated heterocycles. The molecule has 31 heavy (non-hydrogen) atoms. The number of carbonyl (C=O) groups is 3.